The van der Waals surface area contributed by atoms with Crippen molar-refractivity contribution in [2.75, 3.05) is 12.8 Å². The Labute approximate surface area is 211 Å². The first kappa shape index (κ1) is 23.5. The summed E-state index contributed by atoms with van der Waals surface area (Å²) in [5, 5.41) is 13.9. The maximum atomic E-state index is 11.4. The first-order chi connectivity index (χ1) is 16.9. The van der Waals surface area contributed by atoms with E-state index in [2.05, 4.69) is 39.0 Å². The minimum Gasteiger partial charge on any atom is -0.495 e. The molecule has 1 saturated carbocycles. The van der Waals surface area contributed by atoms with Gasteiger partial charge in [-0.1, -0.05) is 13.0 Å². The van der Waals surface area contributed by atoms with Crippen LogP contribution < -0.4 is 10.5 Å². The number of carbonyl (C=O) groups is 1. The molecule has 3 aromatic rings. The van der Waals surface area contributed by atoms with Crippen molar-refractivity contribution in [3.8, 4) is 5.75 Å². The molecule has 2 aliphatic rings. The quantitative estimate of drug-likeness (QED) is 0.482. The number of methoxy groups -OCH3 is 1. The normalized spacial score (nSPS) is 24.4. The third-order valence-corrected chi connectivity index (χ3v) is 7.92. The largest absolute Gasteiger partial charge is 0.495 e. The second-order valence-electron chi connectivity index (χ2n) is 9.25. The van der Waals surface area contributed by atoms with Gasteiger partial charge in [-0.05, 0) is 53.6 Å². The molecule has 4 heterocycles. The molecule has 1 aliphatic heterocycles. The second-order valence-corrected chi connectivity index (χ2v) is 10.0. The van der Waals surface area contributed by atoms with E-state index in [4.69, 9.17) is 20.4 Å². The number of halogens is 1. The van der Waals surface area contributed by atoms with Crippen molar-refractivity contribution < 1.29 is 14.6 Å². The highest BCUT2D eigenvalue weighted by Gasteiger charge is 2.31. The average molecular weight is 539 g/mol. The smallest absolute Gasteiger partial charge is 0.306 e. The number of nitrogen functional groups attached to an aromatic ring is 1. The van der Waals surface area contributed by atoms with Gasteiger partial charge in [0.2, 0.25) is 0 Å². The molecule has 3 aromatic heterocycles. The molecule has 0 bridgehead atoms. The van der Waals surface area contributed by atoms with Crippen molar-refractivity contribution in [2.45, 2.75) is 44.4 Å². The lowest BCUT2D eigenvalue weighted by Gasteiger charge is -2.27. The number of hydrogen-bond donors (Lipinski definition) is 2. The van der Waals surface area contributed by atoms with Crippen LogP contribution in [0.4, 0.5) is 5.82 Å². The van der Waals surface area contributed by atoms with Crippen LogP contribution in [0.25, 0.3) is 11.3 Å². The van der Waals surface area contributed by atoms with Crippen molar-refractivity contribution >= 4 is 45.3 Å². The molecular formula is C25H27BrN6O3. The fraction of sp³-hybridized carbons (Fsp3) is 0.400. The Morgan fingerprint density at radius 2 is 2.00 bits per heavy atom. The number of anilines is 1. The van der Waals surface area contributed by atoms with Crippen molar-refractivity contribution in [3.05, 3.63) is 52.0 Å². The fourth-order valence-corrected chi connectivity index (χ4v) is 5.63. The fourth-order valence-electron chi connectivity index (χ4n) is 5.05. The Balaban J connectivity index is 1.46. The molecule has 3 N–H and O–H groups in total. The van der Waals surface area contributed by atoms with E-state index >= 15 is 0 Å². The number of aliphatic imine (C=N–C) groups is 1. The molecule has 1 aliphatic carbocycles. The minimum atomic E-state index is -0.716. The lowest BCUT2D eigenvalue weighted by Crippen LogP contribution is -2.22. The monoisotopic (exact) mass is 538 g/mol. The Bertz CT molecular complexity index is 1340. The number of rotatable bonds is 5. The Kier molecular flexibility index (Phi) is 6.31. The lowest BCUT2D eigenvalue weighted by molar-refractivity contribution is -0.142. The zero-order chi connectivity index (χ0) is 24.7. The van der Waals surface area contributed by atoms with Crippen molar-refractivity contribution in [2.24, 2.45) is 16.8 Å². The van der Waals surface area contributed by atoms with E-state index in [1.54, 1.807) is 24.0 Å². The standard InChI is InChI=1S/C25H27BrN6O3/c1-13-7-20(16-8-17(35-2)10-28-9-16)29-11-18(13)19-12-30-32-23(27)21(26)22(31-24(19)32)14-3-5-15(6-4-14)25(33)34/h7-15,18H,3-6,27H2,1-2H3,(H,33,34). The van der Waals surface area contributed by atoms with Gasteiger partial charge in [0.25, 0.3) is 0 Å². The third-order valence-electron chi connectivity index (χ3n) is 7.10. The summed E-state index contributed by atoms with van der Waals surface area (Å²) in [5.74, 6) is 0.464. The van der Waals surface area contributed by atoms with Crippen LogP contribution in [0.3, 0.4) is 0 Å². The number of ether oxygens (including phenoxy) is 1. The van der Waals surface area contributed by atoms with Gasteiger partial charge in [-0.25, -0.2) is 4.98 Å². The number of carboxylic acids is 1. The van der Waals surface area contributed by atoms with Crippen LogP contribution in [0.2, 0.25) is 0 Å². The maximum Gasteiger partial charge on any atom is 0.306 e. The summed E-state index contributed by atoms with van der Waals surface area (Å²) >= 11 is 3.63. The second kappa shape index (κ2) is 9.41. The van der Waals surface area contributed by atoms with Gasteiger partial charge in [-0.3, -0.25) is 14.8 Å². The van der Waals surface area contributed by atoms with Gasteiger partial charge in [0, 0.05) is 35.4 Å². The SMILES string of the molecule is COc1cncc(C2=CC(C)C(c3cnn4c(N)c(Br)c(C5CCC(C(=O)O)CC5)nc34)C=N2)c1. The van der Waals surface area contributed by atoms with E-state index < -0.39 is 5.97 Å². The van der Waals surface area contributed by atoms with E-state index in [1.807, 2.05) is 18.5 Å². The molecular weight excluding hydrogens is 512 g/mol. The summed E-state index contributed by atoms with van der Waals surface area (Å²) < 4.78 is 7.69. The Hall–Kier alpha value is -3.27. The van der Waals surface area contributed by atoms with Crippen molar-refractivity contribution in [1.82, 2.24) is 19.6 Å². The van der Waals surface area contributed by atoms with Crippen LogP contribution in [0.15, 0.2) is 40.2 Å². The Morgan fingerprint density at radius 3 is 2.69 bits per heavy atom. The van der Waals surface area contributed by atoms with E-state index in [1.165, 1.54) is 0 Å². The molecule has 2 atom stereocenters. The van der Waals surface area contributed by atoms with Gasteiger partial charge in [0.05, 0.1) is 41.3 Å². The zero-order valence-electron chi connectivity index (χ0n) is 19.6. The molecule has 9 nitrogen and oxygen atoms in total. The minimum absolute atomic E-state index is 0.0153. The first-order valence-corrected chi connectivity index (χ1v) is 12.5. The summed E-state index contributed by atoms with van der Waals surface area (Å²) in [6.07, 6.45) is 12.1. The third kappa shape index (κ3) is 4.31. The molecule has 10 heteroatoms. The topological polar surface area (TPSA) is 128 Å². The number of nitrogens with zero attached hydrogens (tertiary/aromatic N) is 5. The van der Waals surface area contributed by atoms with Crippen LogP contribution >= 0.6 is 15.9 Å². The summed E-state index contributed by atoms with van der Waals surface area (Å²) in [6.45, 7) is 2.14. The maximum absolute atomic E-state index is 11.4. The number of pyridine rings is 1. The molecule has 0 saturated heterocycles. The average Bonchev–Trinajstić information content (AvgIpc) is 3.30. The number of fused-ring (bicyclic) bond motifs is 1. The molecule has 35 heavy (non-hydrogen) atoms. The highest BCUT2D eigenvalue weighted by atomic mass is 79.9. The van der Waals surface area contributed by atoms with Gasteiger partial charge < -0.3 is 15.6 Å². The highest BCUT2D eigenvalue weighted by Crippen LogP contribution is 2.41. The zero-order valence-corrected chi connectivity index (χ0v) is 21.1. The van der Waals surface area contributed by atoms with E-state index in [-0.39, 0.29) is 23.7 Å². The molecule has 0 spiro atoms. The summed E-state index contributed by atoms with van der Waals surface area (Å²) in [4.78, 5) is 25.4. The molecule has 0 aromatic carbocycles. The molecule has 0 amide bonds. The van der Waals surface area contributed by atoms with Crippen LogP contribution in [-0.2, 0) is 4.79 Å². The number of nitrogens with two attached hydrogens (primary N) is 1. The van der Waals surface area contributed by atoms with Gasteiger partial charge in [0.15, 0.2) is 5.65 Å². The molecule has 182 valence electrons. The number of hydrogen-bond acceptors (Lipinski definition) is 7. The summed E-state index contributed by atoms with van der Waals surface area (Å²) in [5.41, 5.74) is 10.8. The van der Waals surface area contributed by atoms with Crippen LogP contribution in [0.1, 0.15) is 61.3 Å². The van der Waals surface area contributed by atoms with Crippen LogP contribution in [-0.4, -0.2) is 44.0 Å². The van der Waals surface area contributed by atoms with Gasteiger partial charge in [-0.15, -0.1) is 0 Å². The van der Waals surface area contributed by atoms with Gasteiger partial charge in [0.1, 0.15) is 11.6 Å². The molecule has 1 fully saturated rings. The molecule has 2 unspecified atom stereocenters. The summed E-state index contributed by atoms with van der Waals surface area (Å²) in [6, 6.07) is 1.92. The number of aromatic nitrogens is 4. The Morgan fingerprint density at radius 1 is 1.23 bits per heavy atom. The van der Waals surface area contributed by atoms with Crippen LogP contribution in [0.5, 0.6) is 5.75 Å². The van der Waals surface area contributed by atoms with Crippen LogP contribution in [0, 0.1) is 11.8 Å². The van der Waals surface area contributed by atoms with Gasteiger partial charge in [-0.2, -0.15) is 9.61 Å². The van der Waals surface area contributed by atoms with Crippen molar-refractivity contribution in [1.29, 1.82) is 0 Å². The highest BCUT2D eigenvalue weighted by molar-refractivity contribution is 9.10. The van der Waals surface area contributed by atoms with Crippen molar-refractivity contribution in [3.63, 3.8) is 0 Å². The van der Waals surface area contributed by atoms with E-state index in [9.17, 15) is 9.90 Å². The lowest BCUT2D eigenvalue weighted by atomic mass is 9.80. The first-order valence-electron chi connectivity index (χ1n) is 11.7. The predicted molar refractivity (Wildman–Crippen MR) is 137 cm³/mol. The molecule has 0 radical (unpaired) electrons. The molecule has 5 rings (SSSR count). The van der Waals surface area contributed by atoms with E-state index in [0.29, 0.717) is 30.1 Å². The van der Waals surface area contributed by atoms with Gasteiger partial charge >= 0.3 is 5.97 Å². The summed E-state index contributed by atoms with van der Waals surface area (Å²) in [7, 11) is 1.62. The number of carboxylic acid groups (broad SMARTS) is 1. The predicted octanol–water partition coefficient (Wildman–Crippen LogP) is 4.68. The number of allylic oxidation sites excluding steroid dienone is 1. The number of aliphatic carboxylic acids is 1. The van der Waals surface area contributed by atoms with E-state index in [0.717, 1.165) is 39.8 Å².